The molecule has 0 saturated carbocycles. The zero-order valence-corrected chi connectivity index (χ0v) is 9.69. The molecule has 18 heavy (non-hydrogen) atoms. The van der Waals surface area contributed by atoms with E-state index in [0.29, 0.717) is 0 Å². The fourth-order valence-electron chi connectivity index (χ4n) is 1.92. The van der Waals surface area contributed by atoms with Crippen molar-refractivity contribution in [3.8, 4) is 0 Å². The van der Waals surface area contributed by atoms with Gasteiger partial charge in [0, 0.05) is 24.0 Å². The summed E-state index contributed by atoms with van der Waals surface area (Å²) in [5.74, 6) is 0. The summed E-state index contributed by atoms with van der Waals surface area (Å²) in [4.78, 5) is 12.6. The van der Waals surface area contributed by atoms with Gasteiger partial charge in [-0.05, 0) is 17.7 Å². The molecule has 88 valence electrons. The molecule has 1 aromatic carbocycles. The fourth-order valence-corrected chi connectivity index (χ4v) is 1.92. The largest absolute Gasteiger partial charge is 0.319 e. The van der Waals surface area contributed by atoms with E-state index in [1.165, 1.54) is 0 Å². The van der Waals surface area contributed by atoms with Gasteiger partial charge in [-0.15, -0.1) is 0 Å². The molecule has 0 aliphatic carbocycles. The van der Waals surface area contributed by atoms with Crippen molar-refractivity contribution >= 4 is 10.9 Å². The second-order valence-corrected chi connectivity index (χ2v) is 4.06. The van der Waals surface area contributed by atoms with E-state index in [1.807, 2.05) is 30.3 Å². The van der Waals surface area contributed by atoms with E-state index in [-0.39, 0.29) is 6.04 Å². The van der Waals surface area contributed by atoms with E-state index >= 15 is 0 Å². The average Bonchev–Trinajstić information content (AvgIpc) is 2.47. The summed E-state index contributed by atoms with van der Waals surface area (Å²) in [7, 11) is 0. The van der Waals surface area contributed by atoms with Gasteiger partial charge in [0.05, 0.1) is 23.4 Å². The molecule has 2 N–H and O–H groups in total. The molecule has 2 aromatic heterocycles. The van der Waals surface area contributed by atoms with Gasteiger partial charge < -0.3 is 5.73 Å². The Morgan fingerprint density at radius 3 is 2.78 bits per heavy atom. The number of benzene rings is 1. The van der Waals surface area contributed by atoms with Crippen LogP contribution in [0.15, 0.2) is 55.1 Å². The van der Waals surface area contributed by atoms with E-state index < -0.39 is 0 Å². The Balaban J connectivity index is 2.04. The van der Waals surface area contributed by atoms with Crippen molar-refractivity contribution in [3.05, 3.63) is 66.4 Å². The van der Waals surface area contributed by atoms with E-state index in [4.69, 9.17) is 5.73 Å². The molecule has 3 aromatic rings. The number of nitrogens with two attached hydrogens (primary N) is 1. The van der Waals surface area contributed by atoms with Crippen molar-refractivity contribution in [2.45, 2.75) is 6.04 Å². The Morgan fingerprint density at radius 2 is 1.94 bits per heavy atom. The van der Waals surface area contributed by atoms with Gasteiger partial charge in [0.2, 0.25) is 0 Å². The highest BCUT2D eigenvalue weighted by atomic mass is 14.8. The lowest BCUT2D eigenvalue weighted by atomic mass is 10.0. The van der Waals surface area contributed by atoms with Gasteiger partial charge in [0.1, 0.15) is 0 Å². The minimum atomic E-state index is -0.273. The Kier molecular flexibility index (Phi) is 2.70. The SMILES string of the molecule is NC(c1ccc2cccnc2c1)c1cnccn1. The second-order valence-electron chi connectivity index (χ2n) is 4.06. The lowest BCUT2D eigenvalue weighted by Crippen LogP contribution is -2.13. The second kappa shape index (κ2) is 4.50. The standard InChI is InChI=1S/C14H12N4/c15-14(13-9-16-6-7-18-13)11-4-3-10-2-1-5-17-12(10)8-11/h1-9,14H,15H2. The van der Waals surface area contributed by atoms with Gasteiger partial charge in [0.15, 0.2) is 0 Å². The molecule has 0 aliphatic heterocycles. The normalized spacial score (nSPS) is 12.5. The zero-order valence-electron chi connectivity index (χ0n) is 9.69. The molecule has 4 heteroatoms. The van der Waals surface area contributed by atoms with Crippen LogP contribution in [-0.2, 0) is 0 Å². The minimum Gasteiger partial charge on any atom is -0.319 e. The van der Waals surface area contributed by atoms with Crippen molar-refractivity contribution in [3.63, 3.8) is 0 Å². The van der Waals surface area contributed by atoms with E-state index in [9.17, 15) is 0 Å². The zero-order chi connectivity index (χ0) is 12.4. The molecule has 0 bridgehead atoms. The molecule has 0 aliphatic rings. The molecular formula is C14H12N4. The number of hydrogen-bond donors (Lipinski definition) is 1. The molecule has 1 atom stereocenters. The Hall–Kier alpha value is -2.33. The van der Waals surface area contributed by atoms with Gasteiger partial charge >= 0.3 is 0 Å². The van der Waals surface area contributed by atoms with E-state index in [1.54, 1.807) is 24.8 Å². The van der Waals surface area contributed by atoms with Crippen LogP contribution in [0.1, 0.15) is 17.3 Å². The number of fused-ring (bicyclic) bond motifs is 1. The molecule has 0 amide bonds. The summed E-state index contributed by atoms with van der Waals surface area (Å²) >= 11 is 0. The third kappa shape index (κ3) is 1.94. The summed E-state index contributed by atoms with van der Waals surface area (Å²) in [6, 6.07) is 9.70. The molecule has 1 unspecified atom stereocenters. The number of aromatic nitrogens is 3. The summed E-state index contributed by atoms with van der Waals surface area (Å²) in [5.41, 5.74) is 8.86. The van der Waals surface area contributed by atoms with Gasteiger partial charge in [0.25, 0.3) is 0 Å². The van der Waals surface area contributed by atoms with Crippen molar-refractivity contribution in [2.75, 3.05) is 0 Å². The third-order valence-electron chi connectivity index (χ3n) is 2.89. The van der Waals surface area contributed by atoms with Crippen molar-refractivity contribution in [2.24, 2.45) is 5.73 Å². The van der Waals surface area contributed by atoms with Crippen LogP contribution >= 0.6 is 0 Å². The summed E-state index contributed by atoms with van der Waals surface area (Å²) in [5, 5.41) is 1.10. The smallest absolute Gasteiger partial charge is 0.0799 e. The highest BCUT2D eigenvalue weighted by molar-refractivity contribution is 5.79. The number of pyridine rings is 1. The molecule has 0 saturated heterocycles. The maximum absolute atomic E-state index is 6.18. The first-order chi connectivity index (χ1) is 8.84. The van der Waals surface area contributed by atoms with E-state index in [0.717, 1.165) is 22.2 Å². The van der Waals surface area contributed by atoms with Crippen molar-refractivity contribution < 1.29 is 0 Å². The first kappa shape index (κ1) is 10.8. The fraction of sp³-hybridized carbons (Fsp3) is 0.0714. The minimum absolute atomic E-state index is 0.273. The molecule has 0 radical (unpaired) electrons. The molecule has 4 nitrogen and oxygen atoms in total. The molecular weight excluding hydrogens is 224 g/mol. The van der Waals surface area contributed by atoms with Crippen molar-refractivity contribution in [1.82, 2.24) is 15.0 Å². The van der Waals surface area contributed by atoms with Crippen molar-refractivity contribution in [1.29, 1.82) is 0 Å². The van der Waals surface area contributed by atoms with Gasteiger partial charge in [-0.25, -0.2) is 0 Å². The maximum atomic E-state index is 6.18. The maximum Gasteiger partial charge on any atom is 0.0799 e. The topological polar surface area (TPSA) is 64.7 Å². The predicted octanol–water partition coefficient (Wildman–Crippen LogP) is 2.07. The molecule has 0 spiro atoms. The molecule has 2 heterocycles. The third-order valence-corrected chi connectivity index (χ3v) is 2.89. The van der Waals surface area contributed by atoms with Crippen LogP contribution in [0, 0.1) is 0 Å². The quantitative estimate of drug-likeness (QED) is 0.739. The Bertz CT molecular complexity index is 667. The van der Waals surface area contributed by atoms with Crippen LogP contribution in [0.2, 0.25) is 0 Å². The Labute approximate surface area is 105 Å². The van der Waals surface area contributed by atoms with E-state index in [2.05, 4.69) is 15.0 Å². The first-order valence-electron chi connectivity index (χ1n) is 5.71. The summed E-state index contributed by atoms with van der Waals surface area (Å²) in [6.07, 6.45) is 6.75. The average molecular weight is 236 g/mol. The van der Waals surface area contributed by atoms with Gasteiger partial charge in [-0.3, -0.25) is 15.0 Å². The van der Waals surface area contributed by atoms with Crippen LogP contribution in [-0.4, -0.2) is 15.0 Å². The lowest BCUT2D eigenvalue weighted by molar-refractivity contribution is 0.819. The number of rotatable bonds is 2. The highest BCUT2D eigenvalue weighted by Crippen LogP contribution is 2.20. The highest BCUT2D eigenvalue weighted by Gasteiger charge is 2.10. The van der Waals surface area contributed by atoms with Crippen LogP contribution < -0.4 is 5.73 Å². The van der Waals surface area contributed by atoms with Gasteiger partial charge in [-0.1, -0.05) is 18.2 Å². The number of hydrogen-bond acceptors (Lipinski definition) is 4. The first-order valence-corrected chi connectivity index (χ1v) is 5.71. The van der Waals surface area contributed by atoms with Crippen LogP contribution in [0.3, 0.4) is 0 Å². The monoisotopic (exact) mass is 236 g/mol. The summed E-state index contributed by atoms with van der Waals surface area (Å²) in [6.45, 7) is 0. The van der Waals surface area contributed by atoms with Crippen LogP contribution in [0.4, 0.5) is 0 Å². The van der Waals surface area contributed by atoms with Gasteiger partial charge in [-0.2, -0.15) is 0 Å². The lowest BCUT2D eigenvalue weighted by Gasteiger charge is -2.11. The molecule has 0 fully saturated rings. The van der Waals surface area contributed by atoms with Crippen LogP contribution in [0.5, 0.6) is 0 Å². The molecule has 3 rings (SSSR count). The Morgan fingerprint density at radius 1 is 1.00 bits per heavy atom. The summed E-state index contributed by atoms with van der Waals surface area (Å²) < 4.78 is 0. The number of nitrogens with zero attached hydrogens (tertiary/aromatic N) is 3. The van der Waals surface area contributed by atoms with Crippen LogP contribution in [0.25, 0.3) is 10.9 Å². The predicted molar refractivity (Wildman–Crippen MR) is 69.8 cm³/mol.